The molecular weight excluding hydrogens is 398 g/mol. The van der Waals surface area contributed by atoms with Crippen LogP contribution in [0.4, 0.5) is 5.69 Å². The van der Waals surface area contributed by atoms with Gasteiger partial charge >= 0.3 is 0 Å². The van der Waals surface area contributed by atoms with E-state index < -0.39 is 19.9 Å². The van der Waals surface area contributed by atoms with E-state index in [9.17, 15) is 16.8 Å². The first-order valence-corrected chi connectivity index (χ1v) is 11.0. The molecule has 0 aliphatic heterocycles. The monoisotopic (exact) mass is 411 g/mol. The van der Waals surface area contributed by atoms with Gasteiger partial charge in [0.15, 0.2) is 9.84 Å². The lowest BCUT2D eigenvalue weighted by Crippen LogP contribution is -2.12. The summed E-state index contributed by atoms with van der Waals surface area (Å²) in [6, 6.07) is 12.0. The summed E-state index contributed by atoms with van der Waals surface area (Å²) in [4.78, 5) is -0.0154. The Bertz CT molecular complexity index is 1150. The molecule has 10 heteroatoms. The van der Waals surface area contributed by atoms with Crippen LogP contribution in [0.15, 0.2) is 70.7 Å². The minimum absolute atomic E-state index is 0.0444. The van der Waals surface area contributed by atoms with Gasteiger partial charge in [0.1, 0.15) is 0 Å². The molecule has 0 amide bonds. The smallest absolute Gasteiger partial charge is 0.261 e. The standard InChI is InChI=1S/C16H14ClN3O4S2/c1-25(21,22)13-6-8-14(9-7-13)26(23,24)19-12-10-18-20(11-12)16-5-3-2-4-15(16)17/h2-11,19H,1H3. The topological polar surface area (TPSA) is 98.1 Å². The zero-order valence-electron chi connectivity index (χ0n) is 13.5. The van der Waals surface area contributed by atoms with E-state index in [1.165, 1.54) is 41.3 Å². The molecule has 26 heavy (non-hydrogen) atoms. The summed E-state index contributed by atoms with van der Waals surface area (Å²) >= 11 is 6.10. The number of rotatable bonds is 5. The number of sulfonamides is 1. The normalized spacial score (nSPS) is 12.1. The predicted molar refractivity (Wildman–Crippen MR) is 98.9 cm³/mol. The summed E-state index contributed by atoms with van der Waals surface area (Å²) < 4.78 is 51.7. The second kappa shape index (κ2) is 6.75. The Morgan fingerprint density at radius 1 is 0.962 bits per heavy atom. The zero-order valence-corrected chi connectivity index (χ0v) is 15.9. The van der Waals surface area contributed by atoms with Crippen LogP contribution in [0.25, 0.3) is 5.69 Å². The number of hydrogen-bond acceptors (Lipinski definition) is 5. The molecule has 0 spiro atoms. The molecule has 0 atom stereocenters. The highest BCUT2D eigenvalue weighted by molar-refractivity contribution is 7.92. The van der Waals surface area contributed by atoms with Gasteiger partial charge in [0.05, 0.1) is 38.6 Å². The summed E-state index contributed by atoms with van der Waals surface area (Å²) in [7, 11) is -7.28. The van der Waals surface area contributed by atoms with Crippen molar-refractivity contribution in [3.63, 3.8) is 0 Å². The first-order valence-electron chi connectivity index (χ1n) is 7.29. The lowest BCUT2D eigenvalue weighted by molar-refractivity contribution is 0.597. The van der Waals surface area contributed by atoms with Crippen molar-refractivity contribution in [2.24, 2.45) is 0 Å². The van der Waals surface area contributed by atoms with Crippen molar-refractivity contribution in [2.45, 2.75) is 9.79 Å². The fraction of sp³-hybridized carbons (Fsp3) is 0.0625. The average molecular weight is 412 g/mol. The summed E-state index contributed by atoms with van der Waals surface area (Å²) in [6.45, 7) is 0. The number of nitrogens with one attached hydrogen (secondary N) is 1. The maximum Gasteiger partial charge on any atom is 0.261 e. The molecule has 0 bridgehead atoms. The number of nitrogens with zero attached hydrogens (tertiary/aromatic N) is 2. The fourth-order valence-electron chi connectivity index (χ4n) is 2.22. The Balaban J connectivity index is 1.86. The van der Waals surface area contributed by atoms with Gasteiger partial charge < -0.3 is 0 Å². The van der Waals surface area contributed by atoms with Crippen LogP contribution in [-0.2, 0) is 19.9 Å². The van der Waals surface area contributed by atoms with E-state index >= 15 is 0 Å². The van der Waals surface area contributed by atoms with Gasteiger partial charge in [-0.15, -0.1) is 0 Å². The molecule has 3 rings (SSSR count). The third kappa shape index (κ3) is 3.90. The molecular formula is C16H14ClN3O4S2. The first-order chi connectivity index (χ1) is 12.2. The Hall–Kier alpha value is -2.36. The lowest BCUT2D eigenvalue weighted by Gasteiger charge is -2.07. The summed E-state index contributed by atoms with van der Waals surface area (Å²) in [5.74, 6) is 0. The minimum Gasteiger partial charge on any atom is -0.276 e. The highest BCUT2D eigenvalue weighted by atomic mass is 35.5. The number of anilines is 1. The van der Waals surface area contributed by atoms with E-state index in [0.29, 0.717) is 10.7 Å². The second-order valence-electron chi connectivity index (χ2n) is 5.47. The van der Waals surface area contributed by atoms with Crippen molar-refractivity contribution < 1.29 is 16.8 Å². The Morgan fingerprint density at radius 3 is 2.19 bits per heavy atom. The van der Waals surface area contributed by atoms with Crippen molar-refractivity contribution in [2.75, 3.05) is 11.0 Å². The predicted octanol–water partition coefficient (Wildman–Crippen LogP) is 2.73. The van der Waals surface area contributed by atoms with E-state index in [-0.39, 0.29) is 15.5 Å². The van der Waals surface area contributed by atoms with Gasteiger partial charge in [0.25, 0.3) is 10.0 Å². The van der Waals surface area contributed by atoms with E-state index in [4.69, 9.17) is 11.6 Å². The molecule has 0 saturated heterocycles. The maximum atomic E-state index is 12.5. The van der Waals surface area contributed by atoms with Gasteiger partial charge in [0, 0.05) is 6.26 Å². The molecule has 1 N–H and O–H groups in total. The summed E-state index contributed by atoms with van der Waals surface area (Å²) in [6.07, 6.45) is 3.90. The molecule has 0 radical (unpaired) electrons. The van der Waals surface area contributed by atoms with Gasteiger partial charge in [-0.25, -0.2) is 21.5 Å². The lowest BCUT2D eigenvalue weighted by atomic mass is 10.3. The Labute approximate surface area is 156 Å². The van der Waals surface area contributed by atoms with Crippen molar-refractivity contribution >= 4 is 37.1 Å². The molecule has 0 unspecified atom stereocenters. The molecule has 3 aromatic rings. The molecule has 0 fully saturated rings. The third-order valence-electron chi connectivity index (χ3n) is 3.50. The number of hydrogen-bond donors (Lipinski definition) is 1. The number of halogens is 1. The van der Waals surface area contributed by atoms with Crippen molar-refractivity contribution in [3.05, 3.63) is 65.9 Å². The largest absolute Gasteiger partial charge is 0.276 e. The van der Waals surface area contributed by atoms with Crippen LogP contribution in [0.2, 0.25) is 5.02 Å². The van der Waals surface area contributed by atoms with Crippen LogP contribution in [0.3, 0.4) is 0 Å². The molecule has 0 aliphatic rings. The van der Waals surface area contributed by atoms with Crippen LogP contribution in [0.5, 0.6) is 0 Å². The van der Waals surface area contributed by atoms with Gasteiger partial charge in [0.2, 0.25) is 0 Å². The zero-order chi connectivity index (χ0) is 18.9. The first kappa shape index (κ1) is 18.4. The number of aromatic nitrogens is 2. The SMILES string of the molecule is CS(=O)(=O)c1ccc(S(=O)(=O)Nc2cnn(-c3ccccc3Cl)c2)cc1. The van der Waals surface area contributed by atoms with Gasteiger partial charge in [-0.3, -0.25) is 4.72 Å². The van der Waals surface area contributed by atoms with Crippen molar-refractivity contribution in [3.8, 4) is 5.69 Å². The van der Waals surface area contributed by atoms with Crippen LogP contribution < -0.4 is 4.72 Å². The molecule has 7 nitrogen and oxygen atoms in total. The third-order valence-corrected chi connectivity index (χ3v) is 6.34. The van der Waals surface area contributed by atoms with E-state index in [1.54, 1.807) is 24.3 Å². The van der Waals surface area contributed by atoms with E-state index in [1.807, 2.05) is 0 Å². The number of para-hydroxylation sites is 1. The average Bonchev–Trinajstić information content (AvgIpc) is 3.02. The minimum atomic E-state index is -3.89. The second-order valence-corrected chi connectivity index (χ2v) is 9.58. The Kier molecular flexibility index (Phi) is 4.78. The van der Waals surface area contributed by atoms with Crippen LogP contribution in [-0.4, -0.2) is 32.9 Å². The van der Waals surface area contributed by atoms with Gasteiger partial charge in [-0.2, -0.15) is 5.10 Å². The van der Waals surface area contributed by atoms with Crippen LogP contribution in [0, 0.1) is 0 Å². The van der Waals surface area contributed by atoms with Gasteiger partial charge in [-0.1, -0.05) is 23.7 Å². The highest BCUT2D eigenvalue weighted by Gasteiger charge is 2.17. The Morgan fingerprint density at radius 2 is 1.58 bits per heavy atom. The molecule has 2 aromatic carbocycles. The van der Waals surface area contributed by atoms with Crippen molar-refractivity contribution in [1.29, 1.82) is 0 Å². The summed E-state index contributed by atoms with van der Waals surface area (Å²) in [5, 5.41) is 4.57. The molecule has 1 heterocycles. The van der Waals surface area contributed by atoms with E-state index in [2.05, 4.69) is 9.82 Å². The molecule has 0 aliphatic carbocycles. The van der Waals surface area contributed by atoms with E-state index in [0.717, 1.165) is 6.26 Å². The van der Waals surface area contributed by atoms with Crippen molar-refractivity contribution in [1.82, 2.24) is 9.78 Å². The highest BCUT2D eigenvalue weighted by Crippen LogP contribution is 2.22. The van der Waals surface area contributed by atoms with Crippen LogP contribution in [0.1, 0.15) is 0 Å². The molecule has 0 saturated carbocycles. The quantitative estimate of drug-likeness (QED) is 0.696. The molecule has 1 aromatic heterocycles. The van der Waals surface area contributed by atoms with Gasteiger partial charge in [-0.05, 0) is 36.4 Å². The maximum absolute atomic E-state index is 12.5. The molecule has 136 valence electrons. The van der Waals surface area contributed by atoms with Crippen LogP contribution >= 0.6 is 11.6 Å². The number of benzene rings is 2. The number of sulfone groups is 1. The summed E-state index contributed by atoms with van der Waals surface area (Å²) in [5.41, 5.74) is 0.856. The fourth-order valence-corrected chi connectivity index (χ4v) is 4.11.